The number of aliphatic hydroxyl groups is 1. The van der Waals surface area contributed by atoms with Crippen molar-refractivity contribution in [1.29, 1.82) is 0 Å². The molecule has 2 N–H and O–H groups in total. The van der Waals surface area contributed by atoms with Crippen LogP contribution in [0.2, 0.25) is 5.02 Å². The van der Waals surface area contributed by atoms with Crippen LogP contribution in [0.5, 0.6) is 0 Å². The number of sulfonamides is 1. The molecule has 11 heteroatoms. The van der Waals surface area contributed by atoms with Crippen molar-refractivity contribution < 1.29 is 31.5 Å². The van der Waals surface area contributed by atoms with E-state index < -0.39 is 52.1 Å². The van der Waals surface area contributed by atoms with E-state index >= 15 is 0 Å². The SMILES string of the molecule is O=C(Nc1ccc(F)c(Cl)c1)c1ccc(CF)c(S(=O)(=O)N2CCCC(F)C(O)C2)c1. The monoisotopic (exact) mass is 476 g/mol. The average molecular weight is 477 g/mol. The van der Waals surface area contributed by atoms with Gasteiger partial charge in [0, 0.05) is 29.9 Å². The first-order chi connectivity index (χ1) is 14.6. The molecule has 1 aliphatic rings. The molecule has 1 amide bonds. The lowest BCUT2D eigenvalue weighted by molar-refractivity contribution is 0.0710. The normalized spacial score (nSPS) is 20.3. The summed E-state index contributed by atoms with van der Waals surface area (Å²) in [6.45, 7) is -1.62. The Morgan fingerprint density at radius 2 is 2.00 bits per heavy atom. The molecule has 3 rings (SSSR count). The summed E-state index contributed by atoms with van der Waals surface area (Å²) in [6, 6.07) is 6.97. The number of nitrogens with one attached hydrogen (secondary N) is 1. The van der Waals surface area contributed by atoms with E-state index in [-0.39, 0.29) is 41.2 Å². The Labute approximate surface area is 182 Å². The maximum atomic E-state index is 13.8. The van der Waals surface area contributed by atoms with Crippen LogP contribution >= 0.6 is 11.6 Å². The zero-order valence-electron chi connectivity index (χ0n) is 16.2. The van der Waals surface area contributed by atoms with Gasteiger partial charge in [0.15, 0.2) is 0 Å². The molecular formula is C20H20ClF3N2O4S. The lowest BCUT2D eigenvalue weighted by Crippen LogP contribution is -2.39. The van der Waals surface area contributed by atoms with Crippen molar-refractivity contribution in [3.63, 3.8) is 0 Å². The molecule has 0 radical (unpaired) electrons. The molecule has 0 spiro atoms. The molecule has 1 aliphatic heterocycles. The quantitative estimate of drug-likeness (QED) is 0.689. The highest BCUT2D eigenvalue weighted by molar-refractivity contribution is 7.89. The molecule has 2 atom stereocenters. The molecule has 168 valence electrons. The summed E-state index contributed by atoms with van der Waals surface area (Å²) < 4.78 is 67.7. The van der Waals surface area contributed by atoms with Crippen LogP contribution in [0.3, 0.4) is 0 Å². The highest BCUT2D eigenvalue weighted by atomic mass is 35.5. The van der Waals surface area contributed by atoms with E-state index in [1.165, 1.54) is 24.3 Å². The number of β-amino-alcohol motifs (C(OH)–C–C–N with tert-alkyl or cyclic N) is 1. The van der Waals surface area contributed by atoms with Crippen molar-refractivity contribution in [3.8, 4) is 0 Å². The van der Waals surface area contributed by atoms with Crippen molar-refractivity contribution >= 4 is 33.2 Å². The van der Waals surface area contributed by atoms with Crippen molar-refractivity contribution in [3.05, 3.63) is 58.4 Å². The molecule has 2 aromatic rings. The Morgan fingerprint density at radius 3 is 2.68 bits per heavy atom. The molecule has 6 nitrogen and oxygen atoms in total. The highest BCUT2D eigenvalue weighted by Crippen LogP contribution is 2.27. The number of rotatable bonds is 5. The predicted octanol–water partition coefficient (Wildman–Crippen LogP) is 3.68. The van der Waals surface area contributed by atoms with Crippen LogP contribution in [0.15, 0.2) is 41.3 Å². The van der Waals surface area contributed by atoms with Gasteiger partial charge in [-0.25, -0.2) is 21.6 Å². The second-order valence-electron chi connectivity index (χ2n) is 7.13. The number of aliphatic hydroxyl groups excluding tert-OH is 1. The second kappa shape index (κ2) is 9.56. The number of carbonyl (C=O) groups excluding carboxylic acids is 1. The molecule has 1 fully saturated rings. The summed E-state index contributed by atoms with van der Waals surface area (Å²) in [6.07, 6.45) is -2.86. The van der Waals surface area contributed by atoms with Gasteiger partial charge >= 0.3 is 0 Å². The zero-order valence-corrected chi connectivity index (χ0v) is 17.8. The smallest absolute Gasteiger partial charge is 0.255 e. The first kappa shape index (κ1) is 23.5. The van der Waals surface area contributed by atoms with E-state index in [2.05, 4.69) is 5.32 Å². The maximum absolute atomic E-state index is 13.8. The Kier molecular flexibility index (Phi) is 7.25. The lowest BCUT2D eigenvalue weighted by Gasteiger charge is -2.23. The minimum Gasteiger partial charge on any atom is -0.389 e. The summed E-state index contributed by atoms with van der Waals surface area (Å²) in [5, 5.41) is 12.1. The number of benzene rings is 2. The minimum atomic E-state index is -4.31. The predicted molar refractivity (Wildman–Crippen MR) is 110 cm³/mol. The summed E-state index contributed by atoms with van der Waals surface area (Å²) in [5.41, 5.74) is -0.0770. The van der Waals surface area contributed by atoms with E-state index in [9.17, 15) is 31.5 Å². The van der Waals surface area contributed by atoms with E-state index in [1.807, 2.05) is 0 Å². The van der Waals surface area contributed by atoms with Gasteiger partial charge in [-0.15, -0.1) is 0 Å². The molecule has 0 saturated carbocycles. The van der Waals surface area contributed by atoms with Crippen LogP contribution in [0.4, 0.5) is 18.9 Å². The average Bonchev–Trinajstić information content (AvgIpc) is 2.91. The molecule has 2 unspecified atom stereocenters. The third kappa shape index (κ3) is 5.20. The van der Waals surface area contributed by atoms with Gasteiger partial charge in [0.25, 0.3) is 5.91 Å². The summed E-state index contributed by atoms with van der Waals surface area (Å²) in [7, 11) is -4.31. The number of amides is 1. The number of carbonyl (C=O) groups is 1. The first-order valence-electron chi connectivity index (χ1n) is 9.41. The Balaban J connectivity index is 1.92. The lowest BCUT2D eigenvalue weighted by atomic mass is 10.1. The second-order valence-corrected chi connectivity index (χ2v) is 9.44. The van der Waals surface area contributed by atoms with Crippen LogP contribution in [-0.2, 0) is 16.7 Å². The van der Waals surface area contributed by atoms with Crippen LogP contribution in [0.25, 0.3) is 0 Å². The van der Waals surface area contributed by atoms with Crippen LogP contribution < -0.4 is 5.32 Å². The van der Waals surface area contributed by atoms with E-state index in [1.54, 1.807) is 0 Å². The number of nitrogens with zero attached hydrogens (tertiary/aromatic N) is 1. The Bertz CT molecular complexity index is 1080. The highest BCUT2D eigenvalue weighted by Gasteiger charge is 2.34. The summed E-state index contributed by atoms with van der Waals surface area (Å²) in [5.74, 6) is -1.39. The Morgan fingerprint density at radius 1 is 1.26 bits per heavy atom. The van der Waals surface area contributed by atoms with Gasteiger partial charge < -0.3 is 10.4 Å². The fourth-order valence-electron chi connectivity index (χ4n) is 3.25. The third-order valence-electron chi connectivity index (χ3n) is 4.96. The third-order valence-corrected chi connectivity index (χ3v) is 7.20. The van der Waals surface area contributed by atoms with Crippen LogP contribution in [0.1, 0.15) is 28.8 Å². The molecule has 1 saturated heterocycles. The number of alkyl halides is 2. The summed E-state index contributed by atoms with van der Waals surface area (Å²) >= 11 is 5.69. The van der Waals surface area contributed by atoms with Crippen molar-refractivity contribution in [2.45, 2.75) is 36.7 Å². The minimum absolute atomic E-state index is 0.00578. The Hall–Kier alpha value is -2.14. The number of hydrogen-bond acceptors (Lipinski definition) is 4. The van der Waals surface area contributed by atoms with Crippen LogP contribution in [-0.4, -0.2) is 49.1 Å². The van der Waals surface area contributed by atoms with Gasteiger partial charge in [0.1, 0.15) is 18.7 Å². The maximum Gasteiger partial charge on any atom is 0.255 e. The van der Waals surface area contributed by atoms with Gasteiger partial charge in [-0.1, -0.05) is 17.7 Å². The summed E-state index contributed by atoms with van der Waals surface area (Å²) in [4.78, 5) is 12.1. The molecule has 1 heterocycles. The molecule has 0 bridgehead atoms. The molecule has 0 aromatic heterocycles. The standard InChI is InChI=1S/C20H20ClF3N2O4S/c21-15-9-14(5-6-16(15)23)25-20(28)12-3-4-13(10-22)19(8-12)31(29,30)26-7-1-2-17(24)18(27)11-26/h3-6,8-9,17-18,27H,1-2,7,10-11H2,(H,25,28). The largest absolute Gasteiger partial charge is 0.389 e. The van der Waals surface area contributed by atoms with Gasteiger partial charge in [-0.3, -0.25) is 4.79 Å². The fourth-order valence-corrected chi connectivity index (χ4v) is 5.16. The molecule has 31 heavy (non-hydrogen) atoms. The fraction of sp³-hybridized carbons (Fsp3) is 0.350. The van der Waals surface area contributed by atoms with Crippen LogP contribution in [0, 0.1) is 5.82 Å². The van der Waals surface area contributed by atoms with E-state index in [0.29, 0.717) is 0 Å². The van der Waals surface area contributed by atoms with Gasteiger partial charge in [-0.05, 0) is 43.2 Å². The van der Waals surface area contributed by atoms with Crippen molar-refractivity contribution in [1.82, 2.24) is 4.31 Å². The molecule has 0 aliphatic carbocycles. The van der Waals surface area contributed by atoms with Crippen molar-refractivity contribution in [2.75, 3.05) is 18.4 Å². The van der Waals surface area contributed by atoms with Gasteiger partial charge in [-0.2, -0.15) is 4.31 Å². The number of hydrogen-bond donors (Lipinski definition) is 2. The van der Waals surface area contributed by atoms with Gasteiger partial charge in [0.2, 0.25) is 10.0 Å². The molecular weight excluding hydrogens is 457 g/mol. The molecule has 2 aromatic carbocycles. The van der Waals surface area contributed by atoms with Crippen molar-refractivity contribution in [2.24, 2.45) is 0 Å². The zero-order chi connectivity index (χ0) is 22.8. The number of halogens is 4. The topological polar surface area (TPSA) is 86.7 Å². The van der Waals surface area contributed by atoms with E-state index in [4.69, 9.17) is 11.6 Å². The number of anilines is 1. The first-order valence-corrected chi connectivity index (χ1v) is 11.2. The van der Waals surface area contributed by atoms with Gasteiger partial charge in [0.05, 0.1) is 16.0 Å². The van der Waals surface area contributed by atoms with E-state index in [0.717, 1.165) is 16.4 Å².